The lowest BCUT2D eigenvalue weighted by Gasteiger charge is -2.34. The summed E-state index contributed by atoms with van der Waals surface area (Å²) in [6.45, 7) is 1.98. The number of hydrogen-bond acceptors (Lipinski definition) is 4. The summed E-state index contributed by atoms with van der Waals surface area (Å²) in [5.74, 6) is 0.455. The maximum Gasteiger partial charge on any atom is 0.269 e. The highest BCUT2D eigenvalue weighted by Gasteiger charge is 2.35. The maximum absolute atomic E-state index is 10.8. The van der Waals surface area contributed by atoms with Gasteiger partial charge in [-0.3, -0.25) is 10.1 Å². The fraction of sp³-hybridized carbons (Fsp3) is 0.188. The van der Waals surface area contributed by atoms with Gasteiger partial charge in [0.05, 0.1) is 10.6 Å². The van der Waals surface area contributed by atoms with Gasteiger partial charge in [0.15, 0.2) is 0 Å². The van der Waals surface area contributed by atoms with Crippen molar-refractivity contribution in [2.24, 2.45) is 4.99 Å². The molecule has 3 rings (SSSR count). The van der Waals surface area contributed by atoms with Crippen molar-refractivity contribution < 1.29 is 9.66 Å². The van der Waals surface area contributed by atoms with Crippen molar-refractivity contribution in [2.75, 3.05) is 5.33 Å². The van der Waals surface area contributed by atoms with Gasteiger partial charge in [0, 0.05) is 33.1 Å². The number of aliphatic imine (C=N–C) groups is 1. The Morgan fingerprint density at radius 3 is 2.57 bits per heavy atom. The Morgan fingerprint density at radius 1 is 1.26 bits per heavy atom. The lowest BCUT2D eigenvalue weighted by atomic mass is 9.94. The third-order valence-electron chi connectivity index (χ3n) is 3.65. The molecule has 2 aromatic rings. The second kappa shape index (κ2) is 6.05. The maximum atomic E-state index is 10.8. The molecule has 5 nitrogen and oxygen atoms in total. The number of hydrogen-bond donors (Lipinski definition) is 0. The van der Waals surface area contributed by atoms with E-state index in [2.05, 4.69) is 36.9 Å². The van der Waals surface area contributed by atoms with Gasteiger partial charge >= 0.3 is 0 Å². The Balaban J connectivity index is 2.07. The van der Waals surface area contributed by atoms with Crippen molar-refractivity contribution in [3.63, 3.8) is 0 Å². The zero-order valence-electron chi connectivity index (χ0n) is 12.1. The molecule has 7 heteroatoms. The second-order valence-corrected chi connectivity index (χ2v) is 6.83. The van der Waals surface area contributed by atoms with E-state index in [0.717, 1.165) is 15.7 Å². The van der Waals surface area contributed by atoms with Crippen LogP contribution < -0.4 is 0 Å². The molecule has 0 spiro atoms. The summed E-state index contributed by atoms with van der Waals surface area (Å²) >= 11 is 6.98. The quantitative estimate of drug-likeness (QED) is 0.380. The summed E-state index contributed by atoms with van der Waals surface area (Å²) in [6.07, 6.45) is 0. The van der Waals surface area contributed by atoms with Crippen molar-refractivity contribution in [1.82, 2.24) is 0 Å². The predicted molar refractivity (Wildman–Crippen MR) is 95.7 cm³/mol. The van der Waals surface area contributed by atoms with E-state index >= 15 is 0 Å². The highest BCUT2D eigenvalue weighted by molar-refractivity contribution is 9.10. The van der Waals surface area contributed by atoms with E-state index in [9.17, 15) is 10.1 Å². The molecule has 2 aromatic carbocycles. The van der Waals surface area contributed by atoms with Crippen LogP contribution in [-0.2, 0) is 10.3 Å². The summed E-state index contributed by atoms with van der Waals surface area (Å²) in [7, 11) is 0. The first-order chi connectivity index (χ1) is 10.9. The normalized spacial score (nSPS) is 19.5. The van der Waals surface area contributed by atoms with Gasteiger partial charge in [-0.05, 0) is 37.3 Å². The molecule has 0 saturated heterocycles. The largest absolute Gasteiger partial charge is 0.465 e. The first-order valence-corrected chi connectivity index (χ1v) is 8.73. The number of fused-ring (bicyclic) bond motifs is 1. The van der Waals surface area contributed by atoms with Gasteiger partial charge in [0.1, 0.15) is 5.60 Å². The van der Waals surface area contributed by atoms with Gasteiger partial charge in [-0.1, -0.05) is 31.9 Å². The third-order valence-corrected chi connectivity index (χ3v) is 5.22. The van der Waals surface area contributed by atoms with Crippen LogP contribution in [0.15, 0.2) is 51.9 Å². The molecule has 0 bridgehead atoms. The van der Waals surface area contributed by atoms with Gasteiger partial charge in [0.2, 0.25) is 5.90 Å². The summed E-state index contributed by atoms with van der Waals surface area (Å²) in [5, 5.41) is 11.4. The van der Waals surface area contributed by atoms with Crippen LogP contribution in [0.25, 0.3) is 0 Å². The van der Waals surface area contributed by atoms with E-state index in [1.54, 1.807) is 12.1 Å². The molecule has 0 aliphatic carbocycles. The Labute approximate surface area is 149 Å². The van der Waals surface area contributed by atoms with E-state index in [0.29, 0.717) is 16.8 Å². The molecule has 0 fully saturated rings. The van der Waals surface area contributed by atoms with Crippen molar-refractivity contribution in [3.05, 3.63) is 68.2 Å². The second-order valence-electron chi connectivity index (χ2n) is 5.35. The van der Waals surface area contributed by atoms with Crippen LogP contribution >= 0.6 is 31.9 Å². The van der Waals surface area contributed by atoms with Crippen molar-refractivity contribution in [1.29, 1.82) is 0 Å². The molecule has 118 valence electrons. The molecule has 0 aromatic heterocycles. The number of ether oxygens (including phenoxy) is 1. The van der Waals surface area contributed by atoms with Crippen LogP contribution in [0.4, 0.5) is 11.4 Å². The molecule has 0 amide bonds. The number of non-ortho nitro benzene ring substituents is 1. The van der Waals surface area contributed by atoms with Crippen LogP contribution in [0.5, 0.6) is 0 Å². The summed E-state index contributed by atoms with van der Waals surface area (Å²) in [5.41, 5.74) is 1.98. The molecular weight excluding hydrogens is 428 g/mol. The Bertz CT molecular complexity index is 805. The predicted octanol–water partition coefficient (Wildman–Crippen LogP) is 5.08. The molecule has 0 radical (unpaired) electrons. The Morgan fingerprint density at radius 2 is 1.96 bits per heavy atom. The number of nitrogens with zero attached hydrogens (tertiary/aromatic N) is 2. The standard InChI is InChI=1S/C16H12Br2N2O3/c1-16(9-17)13-8-11(18)4-7-14(13)19-15(23-16)10-2-5-12(6-3-10)20(21)22/h2-8H,9H2,1H3. The average Bonchev–Trinajstić information content (AvgIpc) is 2.55. The molecule has 1 aliphatic heterocycles. The monoisotopic (exact) mass is 438 g/mol. The van der Waals surface area contributed by atoms with Gasteiger partial charge in [-0.25, -0.2) is 4.99 Å². The van der Waals surface area contributed by atoms with Gasteiger partial charge in [0.25, 0.3) is 5.69 Å². The fourth-order valence-corrected chi connectivity index (χ4v) is 3.16. The summed E-state index contributed by atoms with van der Waals surface area (Å²) in [6, 6.07) is 12.0. The number of nitro benzene ring substituents is 1. The SMILES string of the molecule is CC1(CBr)OC(c2ccc([N+](=O)[O-])cc2)=Nc2ccc(Br)cc21. The van der Waals surface area contributed by atoms with Crippen LogP contribution in [0.2, 0.25) is 0 Å². The molecule has 0 N–H and O–H groups in total. The zero-order chi connectivity index (χ0) is 16.6. The van der Waals surface area contributed by atoms with Crippen LogP contribution in [0.3, 0.4) is 0 Å². The van der Waals surface area contributed by atoms with Crippen LogP contribution in [0.1, 0.15) is 18.1 Å². The van der Waals surface area contributed by atoms with Crippen LogP contribution in [0, 0.1) is 10.1 Å². The van der Waals surface area contributed by atoms with Gasteiger partial charge in [-0.2, -0.15) is 0 Å². The summed E-state index contributed by atoms with van der Waals surface area (Å²) < 4.78 is 7.06. The molecule has 0 saturated carbocycles. The third kappa shape index (κ3) is 3.03. The number of nitro groups is 1. The lowest BCUT2D eigenvalue weighted by molar-refractivity contribution is -0.384. The van der Waals surface area contributed by atoms with Crippen molar-refractivity contribution >= 4 is 49.1 Å². The lowest BCUT2D eigenvalue weighted by Crippen LogP contribution is -2.34. The first kappa shape index (κ1) is 16.1. The first-order valence-electron chi connectivity index (χ1n) is 6.81. The van der Waals surface area contributed by atoms with Crippen molar-refractivity contribution in [3.8, 4) is 0 Å². The smallest absolute Gasteiger partial charge is 0.269 e. The Hall–Kier alpha value is -1.73. The van der Waals surface area contributed by atoms with E-state index in [1.807, 2.05) is 25.1 Å². The number of rotatable bonds is 3. The Kier molecular flexibility index (Phi) is 4.25. The minimum Gasteiger partial charge on any atom is -0.465 e. The number of alkyl halides is 1. The summed E-state index contributed by atoms with van der Waals surface area (Å²) in [4.78, 5) is 14.9. The fourth-order valence-electron chi connectivity index (χ4n) is 2.38. The minimum absolute atomic E-state index is 0.0396. The number of benzene rings is 2. The number of halogens is 2. The molecule has 1 unspecified atom stereocenters. The topological polar surface area (TPSA) is 64.7 Å². The minimum atomic E-state index is -0.571. The van der Waals surface area contributed by atoms with Gasteiger partial charge < -0.3 is 4.74 Å². The molecule has 1 aliphatic rings. The highest BCUT2D eigenvalue weighted by Crippen LogP contribution is 2.41. The van der Waals surface area contributed by atoms with E-state index in [4.69, 9.17) is 4.74 Å². The molecule has 1 heterocycles. The zero-order valence-corrected chi connectivity index (χ0v) is 15.3. The molecule has 23 heavy (non-hydrogen) atoms. The van der Waals surface area contributed by atoms with Crippen molar-refractivity contribution in [2.45, 2.75) is 12.5 Å². The van der Waals surface area contributed by atoms with Crippen LogP contribution in [-0.4, -0.2) is 16.2 Å². The molecule has 1 atom stereocenters. The average molecular weight is 440 g/mol. The van der Waals surface area contributed by atoms with E-state index in [1.165, 1.54) is 12.1 Å². The van der Waals surface area contributed by atoms with E-state index in [-0.39, 0.29) is 5.69 Å². The van der Waals surface area contributed by atoms with E-state index < -0.39 is 10.5 Å². The molecular formula is C16H12Br2N2O3. The van der Waals surface area contributed by atoms with Gasteiger partial charge in [-0.15, -0.1) is 0 Å². The highest BCUT2D eigenvalue weighted by atomic mass is 79.9.